The lowest BCUT2D eigenvalue weighted by molar-refractivity contribution is 0.0429. The molecule has 8 nitrogen and oxygen atoms in total. The number of esters is 1. The second-order valence-electron chi connectivity index (χ2n) is 8.40. The van der Waals surface area contributed by atoms with Crippen LogP contribution >= 0.6 is 0 Å². The van der Waals surface area contributed by atoms with E-state index in [1.165, 1.54) is 18.2 Å². The van der Waals surface area contributed by atoms with E-state index in [0.29, 0.717) is 11.5 Å². The molecule has 5 rings (SSSR count). The summed E-state index contributed by atoms with van der Waals surface area (Å²) in [5.74, 6) is -1.03. The topological polar surface area (TPSA) is 103 Å². The molecule has 0 saturated carbocycles. The number of carbonyl (C=O) groups excluding carboxylic acids is 3. The van der Waals surface area contributed by atoms with E-state index in [0.717, 1.165) is 27.2 Å². The van der Waals surface area contributed by atoms with Crippen LogP contribution in [0.3, 0.4) is 0 Å². The van der Waals surface area contributed by atoms with Crippen LogP contribution < -0.4 is 4.90 Å². The van der Waals surface area contributed by atoms with Crippen molar-refractivity contribution in [1.29, 1.82) is 0 Å². The van der Waals surface area contributed by atoms with Gasteiger partial charge in [0, 0.05) is 5.56 Å². The fourth-order valence-corrected chi connectivity index (χ4v) is 4.00. The van der Waals surface area contributed by atoms with Gasteiger partial charge in [0.05, 0.1) is 22.4 Å². The fourth-order valence-electron chi connectivity index (χ4n) is 4.00. The highest BCUT2D eigenvalue weighted by molar-refractivity contribution is 6.35. The summed E-state index contributed by atoms with van der Waals surface area (Å²) >= 11 is 0. The van der Waals surface area contributed by atoms with E-state index < -0.39 is 17.8 Å². The van der Waals surface area contributed by atoms with Crippen molar-refractivity contribution in [2.75, 3.05) is 4.90 Å². The van der Waals surface area contributed by atoms with Gasteiger partial charge in [0.2, 0.25) is 5.82 Å². The summed E-state index contributed by atoms with van der Waals surface area (Å²) in [6.45, 7) is 5.44. The molecule has 35 heavy (non-hydrogen) atoms. The lowest BCUT2D eigenvalue weighted by atomic mass is 10.1. The largest absolute Gasteiger partial charge is 0.452 e. The van der Waals surface area contributed by atoms with Crippen LogP contribution in [0.4, 0.5) is 5.69 Å². The van der Waals surface area contributed by atoms with Crippen molar-refractivity contribution in [2.45, 2.75) is 27.4 Å². The first-order valence-corrected chi connectivity index (χ1v) is 11.0. The van der Waals surface area contributed by atoms with Gasteiger partial charge in [0.1, 0.15) is 0 Å². The minimum Gasteiger partial charge on any atom is -0.452 e. The number of aryl methyl sites for hydroxylation is 3. The zero-order chi connectivity index (χ0) is 24.7. The Hall–Kier alpha value is -4.59. The number of amides is 2. The molecule has 0 saturated heterocycles. The summed E-state index contributed by atoms with van der Waals surface area (Å²) in [6.07, 6.45) is 0. The molecular weight excluding hydrogens is 446 g/mol. The van der Waals surface area contributed by atoms with Crippen LogP contribution in [0.2, 0.25) is 0 Å². The van der Waals surface area contributed by atoms with Crippen molar-refractivity contribution in [3.63, 3.8) is 0 Å². The van der Waals surface area contributed by atoms with Crippen LogP contribution in [0.25, 0.3) is 11.4 Å². The van der Waals surface area contributed by atoms with E-state index in [1.807, 2.05) is 57.2 Å². The molecule has 0 N–H and O–H groups in total. The number of imide groups is 1. The minimum absolute atomic E-state index is 0.144. The van der Waals surface area contributed by atoms with Crippen LogP contribution in [0.1, 0.15) is 53.7 Å². The fraction of sp³-hybridized carbons (Fsp3) is 0.148. The number of hydrogen-bond acceptors (Lipinski definition) is 7. The number of rotatable bonds is 5. The highest BCUT2D eigenvalue weighted by Crippen LogP contribution is 2.32. The summed E-state index contributed by atoms with van der Waals surface area (Å²) in [4.78, 5) is 44.2. The van der Waals surface area contributed by atoms with Crippen molar-refractivity contribution in [3.05, 3.63) is 99.9 Å². The van der Waals surface area contributed by atoms with Gasteiger partial charge < -0.3 is 9.26 Å². The van der Waals surface area contributed by atoms with Gasteiger partial charge in [0.25, 0.3) is 17.7 Å². The zero-order valence-electron chi connectivity index (χ0n) is 19.4. The van der Waals surface area contributed by atoms with E-state index in [4.69, 9.17) is 9.26 Å². The van der Waals surface area contributed by atoms with Gasteiger partial charge in [-0.1, -0.05) is 41.6 Å². The second-order valence-corrected chi connectivity index (χ2v) is 8.40. The molecule has 3 aromatic carbocycles. The molecule has 1 aliphatic rings. The van der Waals surface area contributed by atoms with Crippen LogP contribution in [0.15, 0.2) is 65.2 Å². The maximum absolute atomic E-state index is 13.1. The lowest BCUT2D eigenvalue weighted by Gasteiger charge is -2.17. The molecule has 0 aliphatic carbocycles. The first-order chi connectivity index (χ1) is 16.8. The molecule has 0 spiro atoms. The van der Waals surface area contributed by atoms with Gasteiger partial charge in [-0.05, 0) is 61.7 Å². The molecule has 1 aliphatic heterocycles. The third-order valence-corrected chi connectivity index (χ3v) is 5.91. The standard InChI is InChI=1S/C27H21N3O5/c1-15-8-9-17(3)22(12-15)30-25(31)20-11-10-18(13-21(20)26(30)32)27(33)34-14-23-28-24(29-35-23)19-7-5-4-6-16(19)2/h4-13H,14H2,1-3H3. The van der Waals surface area contributed by atoms with Crippen molar-refractivity contribution in [3.8, 4) is 11.4 Å². The monoisotopic (exact) mass is 467 g/mol. The quantitative estimate of drug-likeness (QED) is 0.306. The second kappa shape index (κ2) is 8.64. The maximum Gasteiger partial charge on any atom is 0.338 e. The third-order valence-electron chi connectivity index (χ3n) is 5.91. The van der Waals surface area contributed by atoms with Crippen LogP contribution in [0.5, 0.6) is 0 Å². The van der Waals surface area contributed by atoms with E-state index in [1.54, 1.807) is 6.07 Å². The molecule has 1 aromatic heterocycles. The SMILES string of the molecule is Cc1ccc(C)c(N2C(=O)c3ccc(C(=O)OCc4nc(-c5ccccc5C)no4)cc3C2=O)c1. The number of hydrogen-bond donors (Lipinski definition) is 0. The molecule has 4 aromatic rings. The normalized spacial score (nSPS) is 12.7. The van der Waals surface area contributed by atoms with Crippen molar-refractivity contribution in [2.24, 2.45) is 0 Å². The van der Waals surface area contributed by atoms with E-state index >= 15 is 0 Å². The van der Waals surface area contributed by atoms with E-state index in [-0.39, 0.29) is 29.2 Å². The molecule has 2 heterocycles. The zero-order valence-corrected chi connectivity index (χ0v) is 19.4. The van der Waals surface area contributed by atoms with Crippen molar-refractivity contribution >= 4 is 23.5 Å². The van der Waals surface area contributed by atoms with Crippen molar-refractivity contribution < 1.29 is 23.6 Å². The molecule has 0 fully saturated rings. The molecule has 2 amide bonds. The molecule has 0 unspecified atom stereocenters. The summed E-state index contributed by atoms with van der Waals surface area (Å²) in [7, 11) is 0. The Balaban J connectivity index is 1.33. The Morgan fingerprint density at radius 1 is 0.886 bits per heavy atom. The number of carbonyl (C=O) groups is 3. The Morgan fingerprint density at radius 2 is 1.66 bits per heavy atom. The molecule has 8 heteroatoms. The Bertz CT molecular complexity index is 1500. The molecule has 0 radical (unpaired) electrons. The maximum atomic E-state index is 13.1. The van der Waals surface area contributed by atoms with E-state index in [9.17, 15) is 14.4 Å². The molecular formula is C27H21N3O5. The van der Waals surface area contributed by atoms with Crippen molar-refractivity contribution in [1.82, 2.24) is 10.1 Å². The Kier molecular flexibility index (Phi) is 5.49. The number of aromatic nitrogens is 2. The van der Waals surface area contributed by atoms with E-state index in [2.05, 4.69) is 10.1 Å². The lowest BCUT2D eigenvalue weighted by Crippen LogP contribution is -2.30. The third kappa shape index (κ3) is 3.99. The van der Waals surface area contributed by atoms with Gasteiger partial charge in [-0.15, -0.1) is 0 Å². The number of ether oxygens (including phenoxy) is 1. The predicted molar refractivity (Wildman–Crippen MR) is 127 cm³/mol. The van der Waals surface area contributed by atoms with Gasteiger partial charge >= 0.3 is 5.97 Å². The smallest absolute Gasteiger partial charge is 0.338 e. The van der Waals surface area contributed by atoms with Gasteiger partial charge in [0.15, 0.2) is 6.61 Å². The average Bonchev–Trinajstić information content (AvgIpc) is 3.42. The van der Waals surface area contributed by atoms with Gasteiger partial charge in [-0.2, -0.15) is 4.98 Å². The van der Waals surface area contributed by atoms with Crippen LogP contribution in [-0.4, -0.2) is 27.9 Å². The summed E-state index contributed by atoms with van der Waals surface area (Å²) in [6, 6.07) is 17.5. The number of nitrogens with zero attached hydrogens (tertiary/aromatic N) is 3. The number of anilines is 1. The summed E-state index contributed by atoms with van der Waals surface area (Å²) in [5.41, 5.74) is 4.62. The van der Waals surface area contributed by atoms with Gasteiger partial charge in [-0.3, -0.25) is 9.59 Å². The summed E-state index contributed by atoms with van der Waals surface area (Å²) < 4.78 is 10.5. The minimum atomic E-state index is -0.672. The number of fused-ring (bicyclic) bond motifs is 1. The number of benzene rings is 3. The van der Waals surface area contributed by atoms with Crippen LogP contribution in [-0.2, 0) is 11.3 Å². The molecule has 0 bridgehead atoms. The molecule has 174 valence electrons. The van der Waals surface area contributed by atoms with Crippen LogP contribution in [0, 0.1) is 20.8 Å². The summed E-state index contributed by atoms with van der Waals surface area (Å²) in [5, 5.41) is 3.95. The Labute approximate surface area is 201 Å². The first kappa shape index (κ1) is 22.2. The van der Waals surface area contributed by atoms with Gasteiger partial charge in [-0.25, -0.2) is 9.69 Å². The first-order valence-electron chi connectivity index (χ1n) is 11.0. The highest BCUT2D eigenvalue weighted by atomic mass is 16.6. The highest BCUT2D eigenvalue weighted by Gasteiger charge is 2.38. The predicted octanol–water partition coefficient (Wildman–Crippen LogP) is 4.82. The molecule has 0 atom stereocenters. The average molecular weight is 467 g/mol. The Morgan fingerprint density at radius 3 is 2.46 bits per heavy atom.